The molecule has 0 aliphatic rings. The molecule has 0 aliphatic heterocycles. The number of rotatable bonds is 19. The van der Waals surface area contributed by atoms with Gasteiger partial charge in [0.25, 0.3) is 0 Å². The van der Waals surface area contributed by atoms with E-state index >= 15 is 0 Å². The smallest absolute Gasteiger partial charge is 0.338 e. The van der Waals surface area contributed by atoms with Crippen molar-refractivity contribution in [1.29, 1.82) is 0 Å². The number of hydrogen-bond acceptors (Lipinski definition) is 4. The molecule has 0 heterocycles. The van der Waals surface area contributed by atoms with E-state index in [2.05, 4.69) is 13.8 Å². The van der Waals surface area contributed by atoms with Crippen LogP contribution in [0.1, 0.15) is 138 Å². The van der Waals surface area contributed by atoms with E-state index in [0.717, 1.165) is 25.7 Å². The Balaban J connectivity index is 2.21. The summed E-state index contributed by atoms with van der Waals surface area (Å²) in [5.41, 5.74) is 0.945. The summed E-state index contributed by atoms with van der Waals surface area (Å²) in [7, 11) is 0. The molecular formula is C28H46O4. The molecule has 4 heteroatoms. The third-order valence-electron chi connectivity index (χ3n) is 5.86. The maximum absolute atomic E-state index is 12.3. The standard InChI is InChI=1S/C28H46O4/c1-4-6-8-10-12-13-15-17-23-31-27(29)25-19-21-26(22-20-25)28(30)32-24(3)18-16-14-11-9-7-5-2/h19-22,24H,4-18,23H2,1-3H3. The van der Waals surface area contributed by atoms with Crippen molar-refractivity contribution in [2.75, 3.05) is 6.61 Å². The fraction of sp³-hybridized carbons (Fsp3) is 0.714. The Morgan fingerprint density at radius 1 is 0.656 bits per heavy atom. The SMILES string of the molecule is CCCCCCCCCCOC(=O)c1ccc(C(=O)OC(C)CCCCCCCC)cc1. The first-order chi connectivity index (χ1) is 15.6. The molecule has 1 atom stereocenters. The number of esters is 2. The highest BCUT2D eigenvalue weighted by Crippen LogP contribution is 2.14. The molecule has 4 nitrogen and oxygen atoms in total. The quantitative estimate of drug-likeness (QED) is 0.158. The fourth-order valence-corrected chi connectivity index (χ4v) is 3.75. The molecule has 0 N–H and O–H groups in total. The van der Waals surface area contributed by atoms with Crippen molar-refractivity contribution in [2.45, 2.75) is 123 Å². The number of carbonyl (C=O) groups excluding carboxylic acids is 2. The monoisotopic (exact) mass is 446 g/mol. The van der Waals surface area contributed by atoms with Gasteiger partial charge in [-0.05, 0) is 50.5 Å². The van der Waals surface area contributed by atoms with Gasteiger partial charge in [0, 0.05) is 0 Å². The van der Waals surface area contributed by atoms with Crippen LogP contribution in [0.25, 0.3) is 0 Å². The lowest BCUT2D eigenvalue weighted by molar-refractivity contribution is 0.0318. The van der Waals surface area contributed by atoms with Gasteiger partial charge >= 0.3 is 11.9 Å². The first kappa shape index (κ1) is 28.2. The van der Waals surface area contributed by atoms with Gasteiger partial charge in [-0.2, -0.15) is 0 Å². The van der Waals surface area contributed by atoms with Crippen LogP contribution in [-0.4, -0.2) is 24.6 Å². The van der Waals surface area contributed by atoms with Gasteiger partial charge in [-0.1, -0.05) is 90.9 Å². The fourth-order valence-electron chi connectivity index (χ4n) is 3.75. The molecule has 182 valence electrons. The summed E-state index contributed by atoms with van der Waals surface area (Å²) in [5, 5.41) is 0. The van der Waals surface area contributed by atoms with Crippen LogP contribution in [0.15, 0.2) is 24.3 Å². The van der Waals surface area contributed by atoms with Crippen molar-refractivity contribution in [1.82, 2.24) is 0 Å². The van der Waals surface area contributed by atoms with E-state index in [4.69, 9.17) is 9.47 Å². The molecule has 32 heavy (non-hydrogen) atoms. The Labute approximate surface area is 196 Å². The minimum atomic E-state index is -0.331. The van der Waals surface area contributed by atoms with Crippen LogP contribution >= 0.6 is 0 Å². The molecule has 1 aromatic carbocycles. The zero-order chi connectivity index (χ0) is 23.4. The second-order valence-corrected chi connectivity index (χ2v) is 8.96. The van der Waals surface area contributed by atoms with E-state index in [-0.39, 0.29) is 18.0 Å². The van der Waals surface area contributed by atoms with Gasteiger partial charge in [0.2, 0.25) is 0 Å². The second kappa shape index (κ2) is 18.7. The summed E-state index contributed by atoms with van der Waals surface area (Å²) >= 11 is 0. The zero-order valence-electron chi connectivity index (χ0n) is 20.8. The average molecular weight is 447 g/mol. The summed E-state index contributed by atoms with van der Waals surface area (Å²) in [5.74, 6) is -0.661. The molecule has 0 aliphatic carbocycles. The van der Waals surface area contributed by atoms with Gasteiger partial charge in [0.15, 0.2) is 0 Å². The average Bonchev–Trinajstić information content (AvgIpc) is 2.80. The molecule has 0 spiro atoms. The lowest BCUT2D eigenvalue weighted by Gasteiger charge is -2.13. The molecule has 0 amide bonds. The Kier molecular flexibility index (Phi) is 16.5. The Hall–Kier alpha value is -1.84. The van der Waals surface area contributed by atoms with Crippen LogP contribution < -0.4 is 0 Å². The van der Waals surface area contributed by atoms with Crippen molar-refractivity contribution < 1.29 is 19.1 Å². The molecular weight excluding hydrogens is 400 g/mol. The van der Waals surface area contributed by atoms with Crippen LogP contribution in [0, 0.1) is 0 Å². The number of benzene rings is 1. The van der Waals surface area contributed by atoms with Gasteiger partial charge in [-0.15, -0.1) is 0 Å². The van der Waals surface area contributed by atoms with Crippen LogP contribution in [0.4, 0.5) is 0 Å². The van der Waals surface area contributed by atoms with Crippen LogP contribution in [0.2, 0.25) is 0 Å². The molecule has 0 saturated heterocycles. The third kappa shape index (κ3) is 13.5. The summed E-state index contributed by atoms with van der Waals surface area (Å²) < 4.78 is 10.9. The minimum absolute atomic E-state index is 0.0926. The highest BCUT2D eigenvalue weighted by molar-refractivity contribution is 5.93. The summed E-state index contributed by atoms with van der Waals surface area (Å²) in [4.78, 5) is 24.5. The van der Waals surface area contributed by atoms with Crippen LogP contribution in [0.5, 0.6) is 0 Å². The van der Waals surface area contributed by atoms with Crippen LogP contribution in [0.3, 0.4) is 0 Å². The Morgan fingerprint density at radius 2 is 1.09 bits per heavy atom. The highest BCUT2D eigenvalue weighted by atomic mass is 16.5. The van der Waals surface area contributed by atoms with E-state index < -0.39 is 0 Å². The minimum Gasteiger partial charge on any atom is -0.462 e. The first-order valence-corrected chi connectivity index (χ1v) is 13.1. The van der Waals surface area contributed by atoms with Crippen LogP contribution in [-0.2, 0) is 9.47 Å². The Bertz CT molecular complexity index is 608. The predicted molar refractivity (Wildman–Crippen MR) is 132 cm³/mol. The molecule has 0 radical (unpaired) electrons. The van der Waals surface area contributed by atoms with E-state index in [9.17, 15) is 9.59 Å². The molecule has 0 saturated carbocycles. The molecule has 1 unspecified atom stereocenters. The van der Waals surface area contributed by atoms with Crippen molar-refractivity contribution >= 4 is 11.9 Å². The maximum Gasteiger partial charge on any atom is 0.338 e. The number of hydrogen-bond donors (Lipinski definition) is 0. The lowest BCUT2D eigenvalue weighted by atomic mass is 10.1. The van der Waals surface area contributed by atoms with Gasteiger partial charge in [0.1, 0.15) is 0 Å². The summed E-state index contributed by atoms with van der Waals surface area (Å²) in [6, 6.07) is 6.58. The van der Waals surface area contributed by atoms with E-state index in [1.807, 2.05) is 6.92 Å². The Morgan fingerprint density at radius 3 is 1.62 bits per heavy atom. The third-order valence-corrected chi connectivity index (χ3v) is 5.86. The highest BCUT2D eigenvalue weighted by Gasteiger charge is 2.13. The van der Waals surface area contributed by atoms with Crippen molar-refractivity contribution in [2.24, 2.45) is 0 Å². The summed E-state index contributed by atoms with van der Waals surface area (Å²) in [6.45, 7) is 6.84. The lowest BCUT2D eigenvalue weighted by Crippen LogP contribution is -2.15. The maximum atomic E-state index is 12.3. The number of unbranched alkanes of at least 4 members (excludes halogenated alkanes) is 12. The second-order valence-electron chi connectivity index (χ2n) is 8.96. The number of carbonyl (C=O) groups is 2. The van der Waals surface area contributed by atoms with Gasteiger partial charge in [-0.25, -0.2) is 9.59 Å². The van der Waals surface area contributed by atoms with Gasteiger partial charge in [-0.3, -0.25) is 0 Å². The van der Waals surface area contributed by atoms with Gasteiger partial charge < -0.3 is 9.47 Å². The topological polar surface area (TPSA) is 52.6 Å². The van der Waals surface area contributed by atoms with E-state index in [0.29, 0.717) is 17.7 Å². The van der Waals surface area contributed by atoms with Crippen molar-refractivity contribution in [3.8, 4) is 0 Å². The molecule has 0 fully saturated rings. The molecule has 0 bridgehead atoms. The van der Waals surface area contributed by atoms with E-state index in [1.54, 1.807) is 24.3 Å². The van der Waals surface area contributed by atoms with Crippen molar-refractivity contribution in [3.05, 3.63) is 35.4 Å². The van der Waals surface area contributed by atoms with Crippen molar-refractivity contribution in [3.63, 3.8) is 0 Å². The largest absolute Gasteiger partial charge is 0.462 e. The zero-order valence-corrected chi connectivity index (χ0v) is 20.8. The number of ether oxygens (including phenoxy) is 2. The molecule has 0 aromatic heterocycles. The molecule has 1 rings (SSSR count). The van der Waals surface area contributed by atoms with Gasteiger partial charge in [0.05, 0.1) is 23.8 Å². The first-order valence-electron chi connectivity index (χ1n) is 13.1. The molecule has 1 aromatic rings. The predicted octanol–water partition coefficient (Wildman–Crippen LogP) is 8.28. The van der Waals surface area contributed by atoms with E-state index in [1.165, 1.54) is 70.6 Å². The normalized spacial score (nSPS) is 11.8. The summed E-state index contributed by atoms with van der Waals surface area (Å²) in [6.07, 6.45) is 17.9.